The summed E-state index contributed by atoms with van der Waals surface area (Å²) in [5.41, 5.74) is 4.04. The van der Waals surface area contributed by atoms with Crippen molar-refractivity contribution in [1.29, 1.82) is 0 Å². The molecule has 0 unspecified atom stereocenters. The van der Waals surface area contributed by atoms with Crippen LogP contribution in [0.25, 0.3) is 0 Å². The third kappa shape index (κ3) is 12.9. The molecule has 19 heavy (non-hydrogen) atoms. The van der Waals surface area contributed by atoms with Gasteiger partial charge in [-0.15, -0.1) is 0 Å². The molecule has 0 aliphatic carbocycles. The third-order valence-corrected chi connectivity index (χ3v) is 1.96. The van der Waals surface area contributed by atoms with Gasteiger partial charge in [0.25, 0.3) is 0 Å². The van der Waals surface area contributed by atoms with Gasteiger partial charge in [0, 0.05) is 17.6 Å². The van der Waals surface area contributed by atoms with Crippen LogP contribution in [-0.4, -0.2) is 28.7 Å². The summed E-state index contributed by atoms with van der Waals surface area (Å²) in [6, 6.07) is 0. The minimum atomic E-state index is -0.935. The lowest BCUT2D eigenvalue weighted by Crippen LogP contribution is -3.00. The van der Waals surface area contributed by atoms with Crippen molar-refractivity contribution in [3.8, 4) is 0 Å². The molecule has 5 nitrogen and oxygen atoms in total. The normalized spacial score (nSPS) is 10.7. The zero-order valence-corrected chi connectivity index (χ0v) is 12.8. The molecule has 0 aliphatic rings. The van der Waals surface area contributed by atoms with Gasteiger partial charge in [0.15, 0.2) is 0 Å². The van der Waals surface area contributed by atoms with Crippen molar-refractivity contribution < 1.29 is 37.9 Å². The Morgan fingerprint density at radius 3 is 1.74 bits per heavy atom. The second-order valence-electron chi connectivity index (χ2n) is 4.90. The Balaban J connectivity index is -0.000000313. The van der Waals surface area contributed by atoms with Crippen molar-refractivity contribution in [3.63, 3.8) is 0 Å². The number of aliphatic carboxylic acids is 2. The van der Waals surface area contributed by atoms with E-state index in [1.807, 2.05) is 20.8 Å². The van der Waals surface area contributed by atoms with Crippen LogP contribution < -0.4 is 18.1 Å². The summed E-state index contributed by atoms with van der Waals surface area (Å²) in [5.74, 6) is -1.76. The van der Waals surface area contributed by atoms with E-state index in [-0.39, 0.29) is 23.4 Å². The number of halogens is 1. The van der Waals surface area contributed by atoms with E-state index in [2.05, 4.69) is 12.3 Å². The molecule has 6 heteroatoms. The number of hydrogen-bond acceptors (Lipinski definition) is 2. The molecule has 0 bridgehead atoms. The predicted octanol–water partition coefficient (Wildman–Crippen LogP) is -1.67. The second-order valence-corrected chi connectivity index (χ2v) is 4.90. The van der Waals surface area contributed by atoms with Gasteiger partial charge in [-0.1, -0.05) is 33.4 Å². The lowest BCUT2D eigenvalue weighted by atomic mass is 9.86. The van der Waals surface area contributed by atoms with Crippen molar-refractivity contribution in [2.45, 2.75) is 34.1 Å². The Bertz CT molecular complexity index is 331. The van der Waals surface area contributed by atoms with Gasteiger partial charge in [-0.3, -0.25) is 0 Å². The van der Waals surface area contributed by atoms with E-state index in [1.54, 1.807) is 6.08 Å². The number of carboxylic acid groups (broad SMARTS) is 2. The molecule has 0 saturated carbocycles. The smallest absolute Gasteiger partial charge is 0.331 e. The third-order valence-electron chi connectivity index (χ3n) is 1.96. The van der Waals surface area contributed by atoms with Crippen LogP contribution in [0.1, 0.15) is 34.1 Å². The van der Waals surface area contributed by atoms with Crippen molar-refractivity contribution in [2.75, 3.05) is 6.54 Å². The van der Waals surface area contributed by atoms with Crippen LogP contribution in [0, 0.1) is 5.41 Å². The van der Waals surface area contributed by atoms with Crippen LogP contribution in [0.4, 0.5) is 0 Å². The van der Waals surface area contributed by atoms with Crippen LogP contribution in [0.15, 0.2) is 23.8 Å². The largest absolute Gasteiger partial charge is 1.00 e. The van der Waals surface area contributed by atoms with Crippen LogP contribution in [0.5, 0.6) is 0 Å². The van der Waals surface area contributed by atoms with E-state index in [4.69, 9.17) is 10.2 Å². The van der Waals surface area contributed by atoms with E-state index in [1.165, 1.54) is 6.92 Å². The fraction of sp³-hybridized carbons (Fsp3) is 0.538. The van der Waals surface area contributed by atoms with Crippen LogP contribution in [0.3, 0.4) is 0 Å². The average molecular weight is 294 g/mol. The molecule has 0 saturated heterocycles. The SMILES string of the molecule is C=C(C)C(=O)O.CC(C)(C)C(=CCC[NH3+])C(=O)O.[Cl-]. The van der Waals surface area contributed by atoms with Gasteiger partial charge in [-0.2, -0.15) is 0 Å². The van der Waals surface area contributed by atoms with Gasteiger partial charge in [0.2, 0.25) is 0 Å². The minimum Gasteiger partial charge on any atom is -1.00 e. The van der Waals surface area contributed by atoms with Gasteiger partial charge in [0.1, 0.15) is 0 Å². The van der Waals surface area contributed by atoms with E-state index in [0.29, 0.717) is 5.57 Å². The molecule has 0 rings (SSSR count). The Labute approximate surface area is 120 Å². The van der Waals surface area contributed by atoms with Crippen molar-refractivity contribution >= 4 is 11.9 Å². The maximum absolute atomic E-state index is 10.8. The van der Waals surface area contributed by atoms with Gasteiger partial charge in [0.05, 0.1) is 6.54 Å². The second kappa shape index (κ2) is 10.6. The Kier molecular flexibility index (Phi) is 12.7. The molecule has 0 heterocycles. The first kappa shape index (κ1) is 22.8. The summed E-state index contributed by atoms with van der Waals surface area (Å²) in [6.07, 6.45) is 2.49. The number of quaternary nitrogens is 1. The van der Waals surface area contributed by atoms with E-state index < -0.39 is 11.9 Å². The number of carboxylic acids is 2. The summed E-state index contributed by atoms with van der Waals surface area (Å²) >= 11 is 0. The van der Waals surface area contributed by atoms with Crippen molar-refractivity contribution in [3.05, 3.63) is 23.8 Å². The van der Waals surface area contributed by atoms with Gasteiger partial charge < -0.3 is 28.4 Å². The standard InChI is InChI=1S/C9H17NO2.C4H6O2.ClH/c1-9(2,3)7(8(11)12)5-4-6-10;1-3(2)4(5)6;/h5H,4,6,10H2,1-3H3,(H,11,12);1H2,2H3,(H,5,6);1H. The highest BCUT2D eigenvalue weighted by atomic mass is 35.5. The van der Waals surface area contributed by atoms with E-state index in [0.717, 1.165) is 13.0 Å². The Morgan fingerprint density at radius 1 is 1.21 bits per heavy atom. The van der Waals surface area contributed by atoms with Gasteiger partial charge >= 0.3 is 11.9 Å². The van der Waals surface area contributed by atoms with Crippen molar-refractivity contribution in [2.24, 2.45) is 5.41 Å². The number of carbonyl (C=O) groups is 2. The van der Waals surface area contributed by atoms with E-state index >= 15 is 0 Å². The molecule has 0 aliphatic heterocycles. The van der Waals surface area contributed by atoms with Crippen LogP contribution in [0.2, 0.25) is 0 Å². The summed E-state index contributed by atoms with van der Waals surface area (Å²) < 4.78 is 0. The highest BCUT2D eigenvalue weighted by Crippen LogP contribution is 2.25. The molecule has 0 radical (unpaired) electrons. The zero-order chi connectivity index (χ0) is 14.9. The first-order chi connectivity index (χ1) is 8.03. The monoisotopic (exact) mass is 293 g/mol. The predicted molar refractivity (Wildman–Crippen MR) is 70.0 cm³/mol. The summed E-state index contributed by atoms with van der Waals surface area (Å²) in [7, 11) is 0. The zero-order valence-electron chi connectivity index (χ0n) is 12.0. The molecule has 5 N–H and O–H groups in total. The molecule has 0 atom stereocenters. The summed E-state index contributed by atoms with van der Waals surface area (Å²) in [4.78, 5) is 20.4. The first-order valence-corrected chi connectivity index (χ1v) is 5.66. The lowest BCUT2D eigenvalue weighted by Gasteiger charge is -2.18. The van der Waals surface area contributed by atoms with Crippen LogP contribution in [-0.2, 0) is 9.59 Å². The quantitative estimate of drug-likeness (QED) is 0.539. The van der Waals surface area contributed by atoms with E-state index in [9.17, 15) is 9.59 Å². The molecule has 0 aromatic rings. The Hall–Kier alpha value is -1.33. The topological polar surface area (TPSA) is 102 Å². The van der Waals surface area contributed by atoms with Gasteiger partial charge in [-0.25, -0.2) is 9.59 Å². The molecular weight excluding hydrogens is 270 g/mol. The average Bonchev–Trinajstić information content (AvgIpc) is 2.16. The summed E-state index contributed by atoms with van der Waals surface area (Å²) in [6.45, 7) is 11.0. The Morgan fingerprint density at radius 2 is 1.58 bits per heavy atom. The molecule has 0 aromatic heterocycles. The molecule has 0 aromatic carbocycles. The molecule has 0 spiro atoms. The molecular formula is C13H24ClNO4. The number of hydrogen-bond donors (Lipinski definition) is 3. The highest BCUT2D eigenvalue weighted by molar-refractivity contribution is 5.87. The molecule has 0 amide bonds. The molecule has 112 valence electrons. The minimum absolute atomic E-state index is 0. The lowest BCUT2D eigenvalue weighted by molar-refractivity contribution is -0.366. The highest BCUT2D eigenvalue weighted by Gasteiger charge is 2.22. The fourth-order valence-electron chi connectivity index (χ4n) is 0.961. The fourth-order valence-corrected chi connectivity index (χ4v) is 0.961. The maximum Gasteiger partial charge on any atom is 0.331 e. The maximum atomic E-state index is 10.8. The van der Waals surface area contributed by atoms with Crippen molar-refractivity contribution in [1.82, 2.24) is 0 Å². The number of rotatable bonds is 4. The molecule has 0 fully saturated rings. The summed E-state index contributed by atoms with van der Waals surface area (Å²) in [5, 5.41) is 16.7. The van der Waals surface area contributed by atoms with Crippen LogP contribution >= 0.6 is 0 Å². The van der Waals surface area contributed by atoms with Gasteiger partial charge in [-0.05, 0) is 12.3 Å². The first-order valence-electron chi connectivity index (χ1n) is 5.66.